The highest BCUT2D eigenvalue weighted by Crippen LogP contribution is 2.17. The van der Waals surface area contributed by atoms with Crippen LogP contribution in [-0.4, -0.2) is 26.1 Å². The number of hydrogen-bond acceptors (Lipinski definition) is 2. The number of nitrogens with one attached hydrogen (secondary N) is 1. The van der Waals surface area contributed by atoms with E-state index in [-0.39, 0.29) is 18.5 Å². The number of rotatable bonds is 8. The Hall–Kier alpha value is -2.47. The number of methoxy groups -OCH3 is 1. The molecule has 1 amide bonds. The van der Waals surface area contributed by atoms with Gasteiger partial charge in [-0.15, -0.1) is 0 Å². The van der Waals surface area contributed by atoms with Crippen molar-refractivity contribution in [2.75, 3.05) is 20.2 Å². The maximum atomic E-state index is 13.2. The number of ether oxygens (including phenoxy) is 1. The lowest BCUT2D eigenvalue weighted by Gasteiger charge is -2.12. The fourth-order valence-electron chi connectivity index (χ4n) is 2.53. The van der Waals surface area contributed by atoms with Crippen LogP contribution in [0.25, 0.3) is 0 Å². The second-order valence-corrected chi connectivity index (χ2v) is 5.81. The number of benzene rings is 2. The van der Waals surface area contributed by atoms with Crippen molar-refractivity contribution in [1.82, 2.24) is 5.32 Å². The first kappa shape index (κ1) is 18.9. The summed E-state index contributed by atoms with van der Waals surface area (Å²) in [6.07, 6.45) is 0.675. The Morgan fingerprint density at radius 2 is 1.96 bits per heavy atom. The van der Waals surface area contributed by atoms with Gasteiger partial charge < -0.3 is 15.4 Å². The van der Waals surface area contributed by atoms with E-state index in [1.54, 1.807) is 12.4 Å². The fraction of sp³-hybridized carbons (Fsp3) is 0.316. The van der Waals surface area contributed by atoms with E-state index in [9.17, 15) is 13.6 Å². The van der Waals surface area contributed by atoms with Crippen molar-refractivity contribution in [3.05, 3.63) is 65.2 Å². The third-order valence-corrected chi connectivity index (χ3v) is 4.04. The molecule has 1 atom stereocenters. The average molecular weight is 349 g/mol. The summed E-state index contributed by atoms with van der Waals surface area (Å²) in [5, 5.41) is 4.63. The van der Waals surface area contributed by atoms with Crippen LogP contribution in [-0.2, 0) is 11.2 Å². The van der Waals surface area contributed by atoms with Crippen molar-refractivity contribution < 1.29 is 23.6 Å². The van der Waals surface area contributed by atoms with Crippen molar-refractivity contribution in [1.29, 1.82) is 0 Å². The first-order chi connectivity index (χ1) is 12.0. The topological polar surface area (TPSA) is 54.9 Å². The molecule has 0 radical (unpaired) electrons. The molecule has 2 aromatic carbocycles. The summed E-state index contributed by atoms with van der Waals surface area (Å²) in [6, 6.07) is 11.3. The standard InChI is InChI=1S/C19H22F2N2O2/c1-13(15-7-8-16(20)17(21)11-15)23-12-19(24)22-10-9-14-5-3-4-6-18(14)25-2/h3-8,11,13,23H,9-10,12H2,1-2H3,(H,22,24)/p+1/t13-/m1/s1. The van der Waals surface area contributed by atoms with Gasteiger partial charge in [0.2, 0.25) is 0 Å². The zero-order valence-electron chi connectivity index (χ0n) is 14.4. The molecule has 0 aliphatic heterocycles. The highest BCUT2D eigenvalue weighted by Gasteiger charge is 2.13. The predicted molar refractivity (Wildman–Crippen MR) is 91.3 cm³/mol. The van der Waals surface area contributed by atoms with Crippen molar-refractivity contribution in [2.45, 2.75) is 19.4 Å². The van der Waals surface area contributed by atoms with E-state index in [2.05, 4.69) is 5.32 Å². The van der Waals surface area contributed by atoms with Crippen molar-refractivity contribution in [3.8, 4) is 5.75 Å². The number of nitrogens with two attached hydrogens (primary N) is 1. The summed E-state index contributed by atoms with van der Waals surface area (Å²) in [5.74, 6) is -1.05. The number of amides is 1. The molecule has 0 bridgehead atoms. The van der Waals surface area contributed by atoms with Crippen LogP contribution in [0, 0.1) is 11.6 Å². The summed E-state index contributed by atoms with van der Waals surface area (Å²) in [5.41, 5.74) is 1.67. The maximum absolute atomic E-state index is 13.2. The Morgan fingerprint density at radius 1 is 1.20 bits per heavy atom. The van der Waals surface area contributed by atoms with Gasteiger partial charge in [-0.3, -0.25) is 4.79 Å². The van der Waals surface area contributed by atoms with Crippen LogP contribution >= 0.6 is 0 Å². The molecule has 0 unspecified atom stereocenters. The van der Waals surface area contributed by atoms with Gasteiger partial charge in [0.25, 0.3) is 5.91 Å². The smallest absolute Gasteiger partial charge is 0.275 e. The molecule has 0 aliphatic carbocycles. The van der Waals surface area contributed by atoms with Crippen molar-refractivity contribution >= 4 is 5.91 Å². The zero-order valence-corrected chi connectivity index (χ0v) is 14.4. The van der Waals surface area contributed by atoms with Gasteiger partial charge >= 0.3 is 0 Å². The average Bonchev–Trinajstić information content (AvgIpc) is 2.62. The van der Waals surface area contributed by atoms with Gasteiger partial charge in [0, 0.05) is 12.1 Å². The summed E-state index contributed by atoms with van der Waals surface area (Å²) in [6.45, 7) is 2.56. The Kier molecular flexibility index (Phi) is 6.89. The molecule has 0 spiro atoms. The third kappa shape index (κ3) is 5.53. The van der Waals surface area contributed by atoms with E-state index < -0.39 is 11.6 Å². The summed E-state index contributed by atoms with van der Waals surface area (Å²) in [7, 11) is 1.62. The SMILES string of the molecule is COc1ccccc1CCNC(=O)C[NH2+][C@H](C)c1ccc(F)c(F)c1. The molecule has 0 heterocycles. The van der Waals surface area contributed by atoms with E-state index in [0.717, 1.165) is 23.4 Å². The Balaban J connectivity index is 1.75. The minimum absolute atomic E-state index is 0.107. The van der Waals surface area contributed by atoms with E-state index >= 15 is 0 Å². The van der Waals surface area contributed by atoms with Gasteiger partial charge in [-0.05, 0) is 43.2 Å². The fourth-order valence-corrected chi connectivity index (χ4v) is 2.53. The van der Waals surface area contributed by atoms with Gasteiger partial charge in [0.15, 0.2) is 18.2 Å². The molecular weight excluding hydrogens is 326 g/mol. The molecule has 25 heavy (non-hydrogen) atoms. The second kappa shape index (κ2) is 9.13. The Morgan fingerprint density at radius 3 is 2.68 bits per heavy atom. The maximum Gasteiger partial charge on any atom is 0.275 e. The van der Waals surface area contributed by atoms with E-state index in [1.807, 2.05) is 31.2 Å². The predicted octanol–water partition coefficient (Wildman–Crippen LogP) is 1.96. The zero-order chi connectivity index (χ0) is 18.2. The minimum atomic E-state index is -0.876. The summed E-state index contributed by atoms with van der Waals surface area (Å²) >= 11 is 0. The molecule has 3 N–H and O–H groups in total. The molecule has 6 heteroatoms. The molecule has 0 aliphatic rings. The monoisotopic (exact) mass is 349 g/mol. The number of carbonyl (C=O) groups is 1. The normalized spacial score (nSPS) is 11.8. The van der Waals surface area contributed by atoms with E-state index in [4.69, 9.17) is 4.74 Å². The number of halogens is 2. The number of quaternary nitrogens is 1. The lowest BCUT2D eigenvalue weighted by atomic mass is 10.1. The van der Waals surface area contributed by atoms with Crippen LogP contribution in [0.5, 0.6) is 5.75 Å². The van der Waals surface area contributed by atoms with Gasteiger partial charge in [0.05, 0.1) is 7.11 Å². The van der Waals surface area contributed by atoms with Crippen LogP contribution in [0.1, 0.15) is 24.1 Å². The van der Waals surface area contributed by atoms with E-state index in [0.29, 0.717) is 18.5 Å². The van der Waals surface area contributed by atoms with Crippen molar-refractivity contribution in [2.24, 2.45) is 0 Å². The molecule has 2 rings (SSSR count). The quantitative estimate of drug-likeness (QED) is 0.765. The highest BCUT2D eigenvalue weighted by atomic mass is 19.2. The molecular formula is C19H23F2N2O2+. The van der Waals surface area contributed by atoms with Crippen molar-refractivity contribution in [3.63, 3.8) is 0 Å². The molecule has 2 aromatic rings. The largest absolute Gasteiger partial charge is 0.496 e. The van der Waals surface area contributed by atoms with Gasteiger partial charge in [-0.1, -0.05) is 18.2 Å². The first-order valence-electron chi connectivity index (χ1n) is 8.18. The lowest BCUT2D eigenvalue weighted by molar-refractivity contribution is -0.682. The Bertz CT molecular complexity index is 722. The van der Waals surface area contributed by atoms with Crippen LogP contribution in [0.2, 0.25) is 0 Å². The number of carbonyl (C=O) groups excluding carboxylic acids is 1. The highest BCUT2D eigenvalue weighted by molar-refractivity contribution is 5.76. The van der Waals surface area contributed by atoms with Gasteiger partial charge in [-0.2, -0.15) is 0 Å². The molecule has 0 saturated carbocycles. The van der Waals surface area contributed by atoms with Crippen LogP contribution in [0.3, 0.4) is 0 Å². The molecule has 4 nitrogen and oxygen atoms in total. The van der Waals surface area contributed by atoms with Crippen LogP contribution in [0.4, 0.5) is 8.78 Å². The number of hydrogen-bond donors (Lipinski definition) is 2. The van der Waals surface area contributed by atoms with Gasteiger partial charge in [-0.25, -0.2) is 8.78 Å². The molecule has 0 aromatic heterocycles. The molecule has 0 fully saturated rings. The summed E-state index contributed by atoms with van der Waals surface area (Å²) < 4.78 is 31.5. The van der Waals surface area contributed by atoms with E-state index in [1.165, 1.54) is 6.07 Å². The summed E-state index contributed by atoms with van der Waals surface area (Å²) in [4.78, 5) is 11.9. The van der Waals surface area contributed by atoms with Crippen LogP contribution in [0.15, 0.2) is 42.5 Å². The second-order valence-electron chi connectivity index (χ2n) is 5.81. The van der Waals surface area contributed by atoms with Crippen LogP contribution < -0.4 is 15.4 Å². The molecule has 134 valence electrons. The minimum Gasteiger partial charge on any atom is -0.496 e. The number of para-hydroxylation sites is 1. The lowest BCUT2D eigenvalue weighted by Crippen LogP contribution is -2.87. The molecule has 0 saturated heterocycles. The van der Waals surface area contributed by atoms with Gasteiger partial charge in [0.1, 0.15) is 11.8 Å². The Labute approximate surface area is 146 Å². The first-order valence-corrected chi connectivity index (χ1v) is 8.18. The third-order valence-electron chi connectivity index (χ3n) is 4.04.